The van der Waals surface area contributed by atoms with Crippen LogP contribution in [-0.4, -0.2) is 0 Å². The van der Waals surface area contributed by atoms with Crippen LogP contribution in [-0.2, 0) is 0 Å². The number of hydrogen-bond donors (Lipinski definition) is 2. The number of nitrogens with one attached hydrogen (secondary N) is 1. The van der Waals surface area contributed by atoms with Crippen molar-refractivity contribution >= 4 is 10.8 Å². The highest BCUT2D eigenvalue weighted by atomic mass is 15.2. The second-order valence-electron chi connectivity index (χ2n) is 5.94. The SMILES string of the molecule is NNC(/C1=C/CCCCCC1)c1ccc2ccccc2c1. The number of nitrogens with two attached hydrogens (primary N) is 1. The summed E-state index contributed by atoms with van der Waals surface area (Å²) in [6, 6.07) is 15.3. The molecule has 0 aromatic heterocycles. The van der Waals surface area contributed by atoms with Crippen molar-refractivity contribution in [3.8, 4) is 0 Å². The molecule has 0 spiro atoms. The lowest BCUT2D eigenvalue weighted by molar-refractivity contribution is 0.555. The Bertz CT molecular complexity index is 630. The number of rotatable bonds is 3. The first-order valence-corrected chi connectivity index (χ1v) is 8.02. The molecular formula is C19H24N2. The van der Waals surface area contributed by atoms with Gasteiger partial charge in [-0.25, -0.2) is 5.43 Å². The Morgan fingerprint density at radius 1 is 0.905 bits per heavy atom. The summed E-state index contributed by atoms with van der Waals surface area (Å²) in [5.41, 5.74) is 5.75. The van der Waals surface area contributed by atoms with Crippen molar-refractivity contribution in [2.75, 3.05) is 0 Å². The molecule has 3 rings (SSSR count). The highest BCUT2D eigenvalue weighted by molar-refractivity contribution is 5.83. The van der Waals surface area contributed by atoms with Crippen molar-refractivity contribution in [2.24, 2.45) is 5.84 Å². The van der Waals surface area contributed by atoms with Gasteiger partial charge in [-0.3, -0.25) is 5.84 Å². The predicted octanol–water partition coefficient (Wildman–Crippen LogP) is 4.62. The third-order valence-electron chi connectivity index (χ3n) is 4.47. The van der Waals surface area contributed by atoms with Gasteiger partial charge in [0.2, 0.25) is 0 Å². The quantitative estimate of drug-likeness (QED) is 0.489. The van der Waals surface area contributed by atoms with Crippen molar-refractivity contribution in [2.45, 2.75) is 44.6 Å². The molecule has 0 radical (unpaired) electrons. The number of fused-ring (bicyclic) bond motifs is 1. The van der Waals surface area contributed by atoms with Crippen LogP contribution >= 0.6 is 0 Å². The Balaban J connectivity index is 1.92. The van der Waals surface area contributed by atoms with E-state index < -0.39 is 0 Å². The number of hydrogen-bond acceptors (Lipinski definition) is 2. The second-order valence-corrected chi connectivity index (χ2v) is 5.94. The number of hydrazine groups is 1. The Labute approximate surface area is 127 Å². The van der Waals surface area contributed by atoms with Crippen LogP contribution in [0.3, 0.4) is 0 Å². The van der Waals surface area contributed by atoms with Gasteiger partial charge >= 0.3 is 0 Å². The Morgan fingerprint density at radius 2 is 1.71 bits per heavy atom. The molecule has 3 N–H and O–H groups in total. The van der Waals surface area contributed by atoms with E-state index in [-0.39, 0.29) is 6.04 Å². The monoisotopic (exact) mass is 280 g/mol. The summed E-state index contributed by atoms with van der Waals surface area (Å²) in [5.74, 6) is 5.88. The molecule has 2 heteroatoms. The molecule has 2 nitrogen and oxygen atoms in total. The fraction of sp³-hybridized carbons (Fsp3) is 0.368. The average Bonchev–Trinajstić information content (AvgIpc) is 2.49. The maximum absolute atomic E-state index is 5.88. The summed E-state index contributed by atoms with van der Waals surface area (Å²) in [6.07, 6.45) is 10.0. The molecule has 1 aliphatic carbocycles. The maximum atomic E-state index is 5.88. The topological polar surface area (TPSA) is 38.0 Å². The zero-order valence-electron chi connectivity index (χ0n) is 12.5. The third-order valence-corrected chi connectivity index (χ3v) is 4.47. The van der Waals surface area contributed by atoms with Gasteiger partial charge in [-0.05, 0) is 48.1 Å². The average molecular weight is 280 g/mol. The lowest BCUT2D eigenvalue weighted by Crippen LogP contribution is -2.29. The van der Waals surface area contributed by atoms with Gasteiger partial charge in [0.1, 0.15) is 0 Å². The Kier molecular flexibility index (Phi) is 4.69. The molecule has 2 aromatic rings. The van der Waals surface area contributed by atoms with E-state index in [9.17, 15) is 0 Å². The summed E-state index contributed by atoms with van der Waals surface area (Å²) in [7, 11) is 0. The van der Waals surface area contributed by atoms with E-state index in [0.29, 0.717) is 0 Å². The van der Waals surface area contributed by atoms with Gasteiger partial charge in [-0.15, -0.1) is 0 Å². The van der Waals surface area contributed by atoms with Crippen molar-refractivity contribution in [1.29, 1.82) is 0 Å². The Morgan fingerprint density at radius 3 is 2.57 bits per heavy atom. The minimum Gasteiger partial charge on any atom is -0.271 e. The molecule has 1 aliphatic rings. The molecule has 0 fully saturated rings. The van der Waals surface area contributed by atoms with Gasteiger partial charge in [0.15, 0.2) is 0 Å². The van der Waals surface area contributed by atoms with E-state index in [2.05, 4.69) is 54.0 Å². The zero-order valence-corrected chi connectivity index (χ0v) is 12.5. The first kappa shape index (κ1) is 14.3. The van der Waals surface area contributed by atoms with E-state index in [0.717, 1.165) is 6.42 Å². The molecule has 0 aliphatic heterocycles. The third kappa shape index (κ3) is 3.34. The maximum Gasteiger partial charge on any atom is 0.0670 e. The molecule has 0 heterocycles. The minimum atomic E-state index is 0.146. The van der Waals surface area contributed by atoms with Gasteiger partial charge in [-0.2, -0.15) is 0 Å². The van der Waals surface area contributed by atoms with Crippen molar-refractivity contribution in [3.63, 3.8) is 0 Å². The van der Waals surface area contributed by atoms with E-state index in [1.54, 1.807) is 0 Å². The molecule has 0 bridgehead atoms. The van der Waals surface area contributed by atoms with E-state index in [1.807, 2.05) is 0 Å². The molecule has 110 valence electrons. The smallest absolute Gasteiger partial charge is 0.0670 e. The fourth-order valence-corrected chi connectivity index (χ4v) is 3.28. The minimum absolute atomic E-state index is 0.146. The van der Waals surface area contributed by atoms with Crippen molar-refractivity contribution < 1.29 is 0 Å². The van der Waals surface area contributed by atoms with Crippen LogP contribution in [0.1, 0.15) is 50.1 Å². The van der Waals surface area contributed by atoms with Crippen LogP contribution < -0.4 is 11.3 Å². The zero-order chi connectivity index (χ0) is 14.5. The largest absolute Gasteiger partial charge is 0.271 e. The summed E-state index contributed by atoms with van der Waals surface area (Å²) in [4.78, 5) is 0. The standard InChI is InChI=1S/C19H24N2/c20-21-19(16-9-4-2-1-3-5-10-16)18-13-12-15-8-6-7-11-17(15)14-18/h6-9,11-14,19,21H,1-5,10,20H2/b16-9+. The molecular weight excluding hydrogens is 256 g/mol. The second kappa shape index (κ2) is 6.88. The van der Waals surface area contributed by atoms with Gasteiger partial charge in [0, 0.05) is 0 Å². The molecule has 0 saturated carbocycles. The van der Waals surface area contributed by atoms with Crippen LogP contribution in [0.5, 0.6) is 0 Å². The predicted molar refractivity (Wildman–Crippen MR) is 89.8 cm³/mol. The summed E-state index contributed by atoms with van der Waals surface area (Å²) >= 11 is 0. The number of allylic oxidation sites excluding steroid dienone is 1. The van der Waals surface area contributed by atoms with E-state index >= 15 is 0 Å². The summed E-state index contributed by atoms with van der Waals surface area (Å²) in [5, 5.41) is 2.56. The van der Waals surface area contributed by atoms with E-state index in [1.165, 1.54) is 54.0 Å². The Hall–Kier alpha value is -1.64. The van der Waals surface area contributed by atoms with Crippen LogP contribution in [0.4, 0.5) is 0 Å². The number of benzene rings is 2. The molecule has 1 atom stereocenters. The fourth-order valence-electron chi connectivity index (χ4n) is 3.28. The highest BCUT2D eigenvalue weighted by Crippen LogP contribution is 2.30. The van der Waals surface area contributed by atoms with Crippen molar-refractivity contribution in [3.05, 3.63) is 59.7 Å². The first-order valence-electron chi connectivity index (χ1n) is 8.02. The van der Waals surface area contributed by atoms with Crippen LogP contribution in [0.15, 0.2) is 54.1 Å². The van der Waals surface area contributed by atoms with Gasteiger partial charge < -0.3 is 0 Å². The summed E-state index contributed by atoms with van der Waals surface area (Å²) < 4.78 is 0. The van der Waals surface area contributed by atoms with Crippen LogP contribution in [0.2, 0.25) is 0 Å². The van der Waals surface area contributed by atoms with Gasteiger partial charge in [0.05, 0.1) is 6.04 Å². The molecule has 2 aromatic carbocycles. The highest BCUT2D eigenvalue weighted by Gasteiger charge is 2.16. The first-order chi connectivity index (χ1) is 10.4. The van der Waals surface area contributed by atoms with Crippen molar-refractivity contribution in [1.82, 2.24) is 5.43 Å². The molecule has 0 amide bonds. The van der Waals surface area contributed by atoms with Gasteiger partial charge in [-0.1, -0.05) is 60.9 Å². The summed E-state index contributed by atoms with van der Waals surface area (Å²) in [6.45, 7) is 0. The van der Waals surface area contributed by atoms with E-state index in [4.69, 9.17) is 5.84 Å². The van der Waals surface area contributed by atoms with Crippen LogP contribution in [0, 0.1) is 0 Å². The lowest BCUT2D eigenvalue weighted by atomic mass is 9.90. The molecule has 21 heavy (non-hydrogen) atoms. The normalized spacial score (nSPS) is 20.3. The van der Waals surface area contributed by atoms with Crippen LogP contribution in [0.25, 0.3) is 10.8 Å². The van der Waals surface area contributed by atoms with Gasteiger partial charge in [0.25, 0.3) is 0 Å². The molecule has 1 unspecified atom stereocenters. The lowest BCUT2D eigenvalue weighted by Gasteiger charge is -2.22. The molecule has 0 saturated heterocycles.